The average molecular weight is 234 g/mol. The maximum Gasteiger partial charge on any atom is 0.131 e. The number of nitrogens with zero attached hydrogens (tertiary/aromatic N) is 3. The summed E-state index contributed by atoms with van der Waals surface area (Å²) >= 11 is 0. The van der Waals surface area contributed by atoms with Crippen LogP contribution in [0, 0.1) is 6.92 Å². The van der Waals surface area contributed by atoms with Crippen molar-refractivity contribution in [3.8, 4) is 0 Å². The SMILES string of the molecule is Cc1cc(N)cnc1N(C)C1CCN(C)CC1. The monoisotopic (exact) mass is 234 g/mol. The molecule has 2 heterocycles. The van der Waals surface area contributed by atoms with Crippen LogP contribution in [0.1, 0.15) is 18.4 Å². The molecule has 0 unspecified atom stereocenters. The molecular formula is C13H22N4. The second-order valence-electron chi connectivity index (χ2n) is 5.05. The fraction of sp³-hybridized carbons (Fsp3) is 0.615. The Labute approximate surface area is 103 Å². The van der Waals surface area contributed by atoms with E-state index >= 15 is 0 Å². The molecular weight excluding hydrogens is 212 g/mol. The van der Waals surface area contributed by atoms with Crippen LogP contribution in [-0.2, 0) is 0 Å². The third-order valence-electron chi connectivity index (χ3n) is 3.64. The first kappa shape index (κ1) is 12.2. The van der Waals surface area contributed by atoms with Gasteiger partial charge < -0.3 is 15.5 Å². The van der Waals surface area contributed by atoms with Gasteiger partial charge in [0.1, 0.15) is 5.82 Å². The summed E-state index contributed by atoms with van der Waals surface area (Å²) in [4.78, 5) is 9.15. The smallest absolute Gasteiger partial charge is 0.131 e. The second-order valence-corrected chi connectivity index (χ2v) is 5.05. The number of pyridine rings is 1. The largest absolute Gasteiger partial charge is 0.397 e. The quantitative estimate of drug-likeness (QED) is 0.842. The Kier molecular flexibility index (Phi) is 3.52. The molecule has 0 atom stereocenters. The van der Waals surface area contributed by atoms with Crippen LogP contribution < -0.4 is 10.6 Å². The van der Waals surface area contributed by atoms with Gasteiger partial charge >= 0.3 is 0 Å². The van der Waals surface area contributed by atoms with Gasteiger partial charge in [0.2, 0.25) is 0 Å². The van der Waals surface area contributed by atoms with Crippen LogP contribution in [0.4, 0.5) is 11.5 Å². The van der Waals surface area contributed by atoms with Crippen LogP contribution in [0.2, 0.25) is 0 Å². The minimum absolute atomic E-state index is 0.598. The molecule has 0 saturated carbocycles. The maximum absolute atomic E-state index is 5.74. The summed E-state index contributed by atoms with van der Waals surface area (Å²) in [6, 6.07) is 2.59. The fourth-order valence-corrected chi connectivity index (χ4v) is 2.51. The van der Waals surface area contributed by atoms with Crippen LogP contribution in [0.5, 0.6) is 0 Å². The van der Waals surface area contributed by atoms with Gasteiger partial charge in [-0.05, 0) is 51.5 Å². The summed E-state index contributed by atoms with van der Waals surface area (Å²) in [5, 5.41) is 0. The van der Waals surface area contributed by atoms with Crippen molar-refractivity contribution in [1.82, 2.24) is 9.88 Å². The third-order valence-corrected chi connectivity index (χ3v) is 3.64. The van der Waals surface area contributed by atoms with E-state index in [1.807, 2.05) is 6.07 Å². The number of aromatic nitrogens is 1. The van der Waals surface area contributed by atoms with E-state index in [2.05, 4.69) is 35.8 Å². The predicted octanol–water partition coefficient (Wildman–Crippen LogP) is 1.50. The van der Waals surface area contributed by atoms with E-state index in [1.54, 1.807) is 6.20 Å². The molecule has 1 fully saturated rings. The van der Waals surface area contributed by atoms with Gasteiger partial charge in [0.25, 0.3) is 0 Å². The summed E-state index contributed by atoms with van der Waals surface area (Å²) in [5.74, 6) is 1.06. The number of rotatable bonds is 2. The lowest BCUT2D eigenvalue weighted by Gasteiger charge is -2.36. The second kappa shape index (κ2) is 4.92. The molecule has 17 heavy (non-hydrogen) atoms. The van der Waals surface area contributed by atoms with E-state index in [-0.39, 0.29) is 0 Å². The Bertz CT molecular complexity index is 383. The molecule has 1 aliphatic heterocycles. The van der Waals surface area contributed by atoms with E-state index in [1.165, 1.54) is 25.9 Å². The standard InChI is InChI=1S/C13H22N4/c1-10-8-11(14)9-15-13(10)17(3)12-4-6-16(2)7-5-12/h8-9,12H,4-7,14H2,1-3H3. The normalized spacial score (nSPS) is 18.3. The molecule has 1 aromatic rings. The van der Waals surface area contributed by atoms with Gasteiger partial charge in [0.05, 0.1) is 11.9 Å². The van der Waals surface area contributed by atoms with Crippen LogP contribution in [0.25, 0.3) is 0 Å². The number of piperidine rings is 1. The minimum Gasteiger partial charge on any atom is -0.397 e. The van der Waals surface area contributed by atoms with Crippen LogP contribution in [-0.4, -0.2) is 43.1 Å². The highest BCUT2D eigenvalue weighted by Crippen LogP contribution is 2.23. The van der Waals surface area contributed by atoms with Gasteiger partial charge in [-0.25, -0.2) is 4.98 Å². The van der Waals surface area contributed by atoms with Crippen LogP contribution in [0.15, 0.2) is 12.3 Å². The Balaban J connectivity index is 2.11. The number of hydrogen-bond acceptors (Lipinski definition) is 4. The molecule has 1 aromatic heterocycles. The highest BCUT2D eigenvalue weighted by atomic mass is 15.2. The molecule has 1 saturated heterocycles. The van der Waals surface area contributed by atoms with Crippen molar-refractivity contribution in [3.63, 3.8) is 0 Å². The molecule has 0 aliphatic carbocycles. The van der Waals surface area contributed by atoms with Crippen LogP contribution >= 0.6 is 0 Å². The number of aryl methyl sites for hydroxylation is 1. The lowest BCUT2D eigenvalue weighted by atomic mass is 10.0. The van der Waals surface area contributed by atoms with Crippen molar-refractivity contribution >= 4 is 11.5 Å². The molecule has 0 amide bonds. The first-order chi connectivity index (χ1) is 8.08. The summed E-state index contributed by atoms with van der Waals surface area (Å²) in [5.41, 5.74) is 7.63. The Morgan fingerprint density at radius 3 is 2.65 bits per heavy atom. The van der Waals surface area contributed by atoms with Gasteiger partial charge in [0.15, 0.2) is 0 Å². The molecule has 0 radical (unpaired) electrons. The van der Waals surface area contributed by atoms with Crippen molar-refractivity contribution in [2.75, 3.05) is 37.8 Å². The number of nitrogen functional groups attached to an aromatic ring is 1. The molecule has 4 nitrogen and oxygen atoms in total. The first-order valence-electron chi connectivity index (χ1n) is 6.21. The zero-order valence-corrected chi connectivity index (χ0v) is 11.0. The van der Waals surface area contributed by atoms with Crippen molar-refractivity contribution in [2.45, 2.75) is 25.8 Å². The molecule has 94 valence electrons. The topological polar surface area (TPSA) is 45.4 Å². The zero-order valence-electron chi connectivity index (χ0n) is 11.0. The number of hydrogen-bond donors (Lipinski definition) is 1. The highest BCUT2D eigenvalue weighted by molar-refractivity contribution is 5.52. The summed E-state index contributed by atoms with van der Waals surface area (Å²) in [7, 11) is 4.32. The summed E-state index contributed by atoms with van der Waals surface area (Å²) in [6.07, 6.45) is 4.16. The van der Waals surface area contributed by atoms with E-state index in [9.17, 15) is 0 Å². The Morgan fingerprint density at radius 2 is 2.06 bits per heavy atom. The summed E-state index contributed by atoms with van der Waals surface area (Å²) < 4.78 is 0. The predicted molar refractivity (Wildman–Crippen MR) is 72.3 cm³/mol. The van der Waals surface area contributed by atoms with E-state index in [4.69, 9.17) is 5.73 Å². The van der Waals surface area contributed by atoms with Crippen molar-refractivity contribution < 1.29 is 0 Å². The van der Waals surface area contributed by atoms with Crippen molar-refractivity contribution in [2.24, 2.45) is 0 Å². The lowest BCUT2D eigenvalue weighted by molar-refractivity contribution is 0.252. The van der Waals surface area contributed by atoms with E-state index in [0.717, 1.165) is 17.1 Å². The van der Waals surface area contributed by atoms with Crippen LogP contribution in [0.3, 0.4) is 0 Å². The van der Waals surface area contributed by atoms with Crippen molar-refractivity contribution in [3.05, 3.63) is 17.8 Å². The molecule has 2 rings (SSSR count). The molecule has 1 aliphatic rings. The highest BCUT2D eigenvalue weighted by Gasteiger charge is 2.22. The Morgan fingerprint density at radius 1 is 1.41 bits per heavy atom. The van der Waals surface area contributed by atoms with E-state index in [0.29, 0.717) is 6.04 Å². The molecule has 2 N–H and O–H groups in total. The first-order valence-corrected chi connectivity index (χ1v) is 6.21. The number of anilines is 2. The van der Waals surface area contributed by atoms with Gasteiger partial charge in [-0.15, -0.1) is 0 Å². The number of likely N-dealkylation sites (tertiary alicyclic amines) is 1. The van der Waals surface area contributed by atoms with E-state index < -0.39 is 0 Å². The van der Waals surface area contributed by atoms with Gasteiger partial charge in [-0.1, -0.05) is 0 Å². The molecule has 0 aromatic carbocycles. The third kappa shape index (κ3) is 2.69. The molecule has 0 spiro atoms. The van der Waals surface area contributed by atoms with Gasteiger partial charge in [-0.3, -0.25) is 0 Å². The zero-order chi connectivity index (χ0) is 12.4. The van der Waals surface area contributed by atoms with Gasteiger partial charge in [-0.2, -0.15) is 0 Å². The molecule has 4 heteroatoms. The summed E-state index contributed by atoms with van der Waals surface area (Å²) in [6.45, 7) is 4.41. The minimum atomic E-state index is 0.598. The maximum atomic E-state index is 5.74. The number of nitrogens with two attached hydrogens (primary N) is 1. The van der Waals surface area contributed by atoms with Crippen molar-refractivity contribution in [1.29, 1.82) is 0 Å². The lowest BCUT2D eigenvalue weighted by Crippen LogP contribution is -2.42. The fourth-order valence-electron chi connectivity index (χ4n) is 2.51. The average Bonchev–Trinajstić information content (AvgIpc) is 2.29. The molecule has 0 bridgehead atoms. The Hall–Kier alpha value is -1.29. The van der Waals surface area contributed by atoms with Gasteiger partial charge in [0, 0.05) is 13.1 Å².